The molecular weight excluding hydrogens is 248 g/mol. The highest BCUT2D eigenvalue weighted by Crippen LogP contribution is 2.19. The van der Waals surface area contributed by atoms with Crippen molar-refractivity contribution in [3.05, 3.63) is 0 Å². The van der Waals surface area contributed by atoms with Crippen LogP contribution in [0.5, 0.6) is 0 Å². The lowest BCUT2D eigenvalue weighted by atomic mass is 10.2. The van der Waals surface area contributed by atoms with Gasteiger partial charge in [-0.3, -0.25) is 9.59 Å². The SMILES string of the molecule is CCCC(C(=O)O)S(=O)(=O)C(CCC)C(=O)O. The summed E-state index contributed by atoms with van der Waals surface area (Å²) in [4.78, 5) is 21.8. The minimum atomic E-state index is -4.19. The van der Waals surface area contributed by atoms with Crippen LogP contribution in [-0.4, -0.2) is 41.1 Å². The maximum Gasteiger partial charge on any atom is 0.321 e. The van der Waals surface area contributed by atoms with Gasteiger partial charge in [-0.25, -0.2) is 8.42 Å². The molecule has 0 aromatic rings. The Kier molecular flexibility index (Phi) is 6.15. The van der Waals surface area contributed by atoms with E-state index in [0.29, 0.717) is 12.8 Å². The molecule has 0 fully saturated rings. The van der Waals surface area contributed by atoms with Gasteiger partial charge in [0.15, 0.2) is 20.3 Å². The zero-order valence-electron chi connectivity index (χ0n) is 9.92. The fourth-order valence-electron chi connectivity index (χ4n) is 1.58. The molecule has 0 bridgehead atoms. The summed E-state index contributed by atoms with van der Waals surface area (Å²) in [5, 5.41) is 14.5. The molecule has 0 rings (SSSR count). The first-order chi connectivity index (χ1) is 7.78. The van der Waals surface area contributed by atoms with Gasteiger partial charge in [-0.1, -0.05) is 26.7 Å². The molecule has 0 saturated carbocycles. The molecular formula is C10H18O6S. The van der Waals surface area contributed by atoms with Crippen molar-refractivity contribution in [3.63, 3.8) is 0 Å². The van der Waals surface area contributed by atoms with Crippen molar-refractivity contribution in [1.82, 2.24) is 0 Å². The van der Waals surface area contributed by atoms with Crippen LogP contribution < -0.4 is 0 Å². The molecule has 0 amide bonds. The third-order valence-corrected chi connectivity index (χ3v) is 4.91. The summed E-state index contributed by atoms with van der Waals surface area (Å²) in [5.74, 6) is -2.96. The van der Waals surface area contributed by atoms with Crippen molar-refractivity contribution < 1.29 is 28.2 Å². The van der Waals surface area contributed by atoms with Crippen LogP contribution in [0.3, 0.4) is 0 Å². The average molecular weight is 266 g/mol. The van der Waals surface area contributed by atoms with Gasteiger partial charge in [0, 0.05) is 0 Å². The molecule has 0 aromatic carbocycles. The quantitative estimate of drug-likeness (QED) is 0.675. The van der Waals surface area contributed by atoms with Gasteiger partial charge in [-0.05, 0) is 12.8 Å². The normalized spacial score (nSPS) is 15.2. The van der Waals surface area contributed by atoms with E-state index in [9.17, 15) is 18.0 Å². The second-order valence-electron chi connectivity index (χ2n) is 3.82. The summed E-state index contributed by atoms with van der Waals surface area (Å²) < 4.78 is 23.9. The first-order valence-electron chi connectivity index (χ1n) is 5.47. The lowest BCUT2D eigenvalue weighted by Crippen LogP contribution is -2.41. The Labute approximate surface area is 101 Å². The van der Waals surface area contributed by atoms with E-state index in [-0.39, 0.29) is 12.8 Å². The van der Waals surface area contributed by atoms with E-state index in [2.05, 4.69) is 0 Å². The number of aliphatic carboxylic acids is 2. The van der Waals surface area contributed by atoms with Gasteiger partial charge in [0.25, 0.3) is 0 Å². The molecule has 7 heteroatoms. The number of hydrogen-bond donors (Lipinski definition) is 2. The summed E-state index contributed by atoms with van der Waals surface area (Å²) in [6, 6.07) is 0. The molecule has 0 heterocycles. The van der Waals surface area contributed by atoms with E-state index >= 15 is 0 Å². The van der Waals surface area contributed by atoms with Gasteiger partial charge in [-0.15, -0.1) is 0 Å². The smallest absolute Gasteiger partial charge is 0.321 e. The van der Waals surface area contributed by atoms with Crippen LogP contribution in [-0.2, 0) is 19.4 Å². The number of carboxylic acids is 2. The van der Waals surface area contributed by atoms with Crippen LogP contribution >= 0.6 is 0 Å². The predicted octanol–water partition coefficient (Wildman–Crippen LogP) is 0.908. The Morgan fingerprint density at radius 3 is 1.41 bits per heavy atom. The van der Waals surface area contributed by atoms with Crippen LogP contribution in [0.1, 0.15) is 39.5 Å². The van der Waals surface area contributed by atoms with Crippen LogP contribution in [0.15, 0.2) is 0 Å². The van der Waals surface area contributed by atoms with Gasteiger partial charge in [0.1, 0.15) is 0 Å². The molecule has 0 aliphatic rings. The van der Waals surface area contributed by atoms with E-state index in [1.54, 1.807) is 13.8 Å². The molecule has 0 aromatic heterocycles. The van der Waals surface area contributed by atoms with Gasteiger partial charge in [0.05, 0.1) is 0 Å². The van der Waals surface area contributed by atoms with Crippen molar-refractivity contribution in [3.8, 4) is 0 Å². The summed E-state index contributed by atoms with van der Waals surface area (Å²) >= 11 is 0. The van der Waals surface area contributed by atoms with Crippen LogP contribution in [0, 0.1) is 0 Å². The molecule has 2 N–H and O–H groups in total. The molecule has 0 saturated heterocycles. The molecule has 0 aliphatic heterocycles. The molecule has 2 unspecified atom stereocenters. The maximum absolute atomic E-state index is 11.9. The second-order valence-corrected chi connectivity index (χ2v) is 6.14. The first-order valence-corrected chi connectivity index (χ1v) is 7.08. The number of sulfone groups is 1. The Morgan fingerprint density at radius 2 is 1.24 bits per heavy atom. The van der Waals surface area contributed by atoms with Gasteiger partial charge >= 0.3 is 11.9 Å². The van der Waals surface area contributed by atoms with Crippen molar-refractivity contribution >= 4 is 21.8 Å². The summed E-state index contributed by atoms with van der Waals surface area (Å²) in [5.41, 5.74) is 0. The Hall–Kier alpha value is -1.11. The largest absolute Gasteiger partial charge is 0.480 e. The van der Waals surface area contributed by atoms with Crippen molar-refractivity contribution in [2.75, 3.05) is 0 Å². The summed E-state index contributed by atoms with van der Waals surface area (Å²) in [7, 11) is -4.19. The molecule has 6 nitrogen and oxygen atoms in total. The van der Waals surface area contributed by atoms with Crippen molar-refractivity contribution in [1.29, 1.82) is 0 Å². The molecule has 100 valence electrons. The zero-order chi connectivity index (χ0) is 13.6. The fraction of sp³-hybridized carbons (Fsp3) is 0.800. The van der Waals surface area contributed by atoms with Crippen LogP contribution in [0.4, 0.5) is 0 Å². The lowest BCUT2D eigenvalue weighted by molar-refractivity contribution is -0.136. The minimum Gasteiger partial charge on any atom is -0.480 e. The van der Waals surface area contributed by atoms with Crippen molar-refractivity contribution in [2.45, 2.75) is 50.0 Å². The number of hydrogen-bond acceptors (Lipinski definition) is 4. The number of rotatable bonds is 8. The highest BCUT2D eigenvalue weighted by Gasteiger charge is 2.41. The molecule has 0 spiro atoms. The van der Waals surface area contributed by atoms with E-state index in [1.807, 2.05) is 0 Å². The van der Waals surface area contributed by atoms with E-state index in [0.717, 1.165) is 0 Å². The van der Waals surface area contributed by atoms with E-state index < -0.39 is 32.3 Å². The number of carbonyl (C=O) groups is 2. The highest BCUT2D eigenvalue weighted by molar-refractivity contribution is 7.94. The van der Waals surface area contributed by atoms with Gasteiger partial charge in [0.2, 0.25) is 0 Å². The second kappa shape index (κ2) is 6.58. The fourth-order valence-corrected chi connectivity index (χ4v) is 3.67. The van der Waals surface area contributed by atoms with Crippen LogP contribution in [0.25, 0.3) is 0 Å². The number of carboxylic acid groups (broad SMARTS) is 2. The van der Waals surface area contributed by atoms with Crippen LogP contribution in [0.2, 0.25) is 0 Å². The van der Waals surface area contributed by atoms with Gasteiger partial charge < -0.3 is 10.2 Å². The van der Waals surface area contributed by atoms with E-state index in [4.69, 9.17) is 10.2 Å². The zero-order valence-corrected chi connectivity index (χ0v) is 10.7. The Morgan fingerprint density at radius 1 is 0.941 bits per heavy atom. The topological polar surface area (TPSA) is 109 Å². The molecule has 17 heavy (non-hydrogen) atoms. The first kappa shape index (κ1) is 15.9. The lowest BCUT2D eigenvalue weighted by Gasteiger charge is -2.18. The minimum absolute atomic E-state index is 0.0643. The molecule has 0 radical (unpaired) electrons. The predicted molar refractivity (Wildman–Crippen MR) is 61.6 cm³/mol. The molecule has 2 atom stereocenters. The summed E-state index contributed by atoms with van der Waals surface area (Å²) in [6.45, 7) is 3.31. The van der Waals surface area contributed by atoms with Gasteiger partial charge in [-0.2, -0.15) is 0 Å². The van der Waals surface area contributed by atoms with E-state index in [1.165, 1.54) is 0 Å². The third-order valence-electron chi connectivity index (χ3n) is 2.45. The monoisotopic (exact) mass is 266 g/mol. The Bertz CT molecular complexity index is 342. The molecule has 0 aliphatic carbocycles. The van der Waals surface area contributed by atoms with Crippen molar-refractivity contribution in [2.24, 2.45) is 0 Å². The average Bonchev–Trinajstić information content (AvgIpc) is 2.20. The Balaban J connectivity index is 5.30. The standard InChI is InChI=1S/C10H18O6S/c1-3-5-7(9(11)12)17(15,16)8(6-4-2)10(13)14/h7-8H,3-6H2,1-2H3,(H,11,12)(H,13,14). The highest BCUT2D eigenvalue weighted by atomic mass is 32.2. The third kappa shape index (κ3) is 3.99. The maximum atomic E-state index is 11.9. The summed E-state index contributed by atoms with van der Waals surface area (Å²) in [6.07, 6.45) is 0.611.